The van der Waals surface area contributed by atoms with Crippen LogP contribution in [0.15, 0.2) is 12.2 Å². The summed E-state index contributed by atoms with van der Waals surface area (Å²) < 4.78 is 0. The molecule has 16 heavy (non-hydrogen) atoms. The molecule has 0 aromatic heterocycles. The van der Waals surface area contributed by atoms with Gasteiger partial charge in [-0.05, 0) is 38.5 Å². The summed E-state index contributed by atoms with van der Waals surface area (Å²) in [6.07, 6.45) is 8.63. The molecule has 2 atom stereocenters. The maximum atomic E-state index is 12.0. The lowest BCUT2D eigenvalue weighted by Crippen LogP contribution is -2.45. The molecule has 3 heteroatoms. The van der Waals surface area contributed by atoms with E-state index in [9.17, 15) is 4.79 Å². The van der Waals surface area contributed by atoms with Crippen LogP contribution in [0.2, 0.25) is 0 Å². The number of amides is 1. The van der Waals surface area contributed by atoms with Crippen molar-refractivity contribution in [2.24, 2.45) is 17.1 Å². The van der Waals surface area contributed by atoms with Crippen LogP contribution in [0, 0.1) is 11.3 Å². The third kappa shape index (κ3) is 3.34. The van der Waals surface area contributed by atoms with Crippen molar-refractivity contribution in [1.29, 1.82) is 0 Å². The molecule has 0 spiro atoms. The van der Waals surface area contributed by atoms with E-state index in [0.29, 0.717) is 12.5 Å². The van der Waals surface area contributed by atoms with Crippen LogP contribution >= 0.6 is 0 Å². The Morgan fingerprint density at radius 1 is 1.56 bits per heavy atom. The molecule has 1 aliphatic rings. The molecule has 1 rings (SSSR count). The van der Waals surface area contributed by atoms with E-state index in [0.717, 1.165) is 25.8 Å². The van der Waals surface area contributed by atoms with Gasteiger partial charge in [0, 0.05) is 13.1 Å². The van der Waals surface area contributed by atoms with Gasteiger partial charge in [0.2, 0.25) is 5.91 Å². The summed E-state index contributed by atoms with van der Waals surface area (Å²) in [5.41, 5.74) is 5.26. The van der Waals surface area contributed by atoms with E-state index in [4.69, 9.17) is 5.73 Å². The van der Waals surface area contributed by atoms with E-state index >= 15 is 0 Å². The predicted octanol–water partition coefficient (Wildman–Crippen LogP) is 1.83. The van der Waals surface area contributed by atoms with Crippen molar-refractivity contribution in [3.05, 3.63) is 12.2 Å². The molecule has 0 saturated carbocycles. The summed E-state index contributed by atoms with van der Waals surface area (Å²) in [7, 11) is 0. The van der Waals surface area contributed by atoms with Gasteiger partial charge in [0.05, 0.1) is 5.41 Å². The topological polar surface area (TPSA) is 55.1 Å². The fraction of sp³-hybridized carbons (Fsp3) is 0.769. The van der Waals surface area contributed by atoms with Crippen LogP contribution in [0.4, 0.5) is 0 Å². The zero-order chi connectivity index (χ0) is 12.0. The number of carbonyl (C=O) groups is 1. The maximum absolute atomic E-state index is 12.0. The second-order valence-corrected chi connectivity index (χ2v) is 4.98. The van der Waals surface area contributed by atoms with Gasteiger partial charge >= 0.3 is 0 Å². The first-order chi connectivity index (χ1) is 7.62. The number of carbonyl (C=O) groups excluding carboxylic acids is 1. The monoisotopic (exact) mass is 224 g/mol. The third-order valence-electron chi connectivity index (χ3n) is 3.71. The smallest absolute Gasteiger partial charge is 0.227 e. The van der Waals surface area contributed by atoms with Crippen LogP contribution in [0.1, 0.15) is 39.5 Å². The molecule has 0 saturated heterocycles. The van der Waals surface area contributed by atoms with Gasteiger partial charge in [-0.15, -0.1) is 0 Å². The van der Waals surface area contributed by atoms with E-state index in [-0.39, 0.29) is 5.91 Å². The second kappa shape index (κ2) is 6.04. The summed E-state index contributed by atoms with van der Waals surface area (Å²) in [6, 6.07) is 0. The highest BCUT2D eigenvalue weighted by Gasteiger charge is 2.29. The molecule has 3 nitrogen and oxygen atoms in total. The van der Waals surface area contributed by atoms with E-state index in [1.807, 2.05) is 13.8 Å². The van der Waals surface area contributed by atoms with Crippen LogP contribution in [-0.2, 0) is 4.79 Å². The van der Waals surface area contributed by atoms with Crippen LogP contribution in [-0.4, -0.2) is 19.0 Å². The highest BCUT2D eigenvalue weighted by atomic mass is 16.2. The molecule has 0 aromatic carbocycles. The first kappa shape index (κ1) is 13.2. The Hall–Kier alpha value is -0.830. The van der Waals surface area contributed by atoms with Gasteiger partial charge in [-0.2, -0.15) is 0 Å². The number of nitrogens with one attached hydrogen (secondary N) is 1. The molecule has 0 aliphatic heterocycles. The van der Waals surface area contributed by atoms with Crippen molar-refractivity contribution in [3.63, 3.8) is 0 Å². The van der Waals surface area contributed by atoms with Crippen LogP contribution in [0.25, 0.3) is 0 Å². The molecule has 1 aliphatic carbocycles. The maximum Gasteiger partial charge on any atom is 0.227 e. The minimum atomic E-state index is -0.398. The standard InChI is InChI=1S/C13H24N2O/c1-3-13(2,10-14)12(16)15-9-11-7-5-4-6-8-11/h4-5,11H,3,6-10,14H2,1-2H3,(H,15,16). The molecule has 3 N–H and O–H groups in total. The van der Waals surface area contributed by atoms with Gasteiger partial charge in [0.25, 0.3) is 0 Å². The lowest BCUT2D eigenvalue weighted by atomic mass is 9.86. The van der Waals surface area contributed by atoms with Gasteiger partial charge in [0.15, 0.2) is 0 Å². The summed E-state index contributed by atoms with van der Waals surface area (Å²) in [6.45, 7) is 5.15. The highest BCUT2D eigenvalue weighted by molar-refractivity contribution is 5.82. The van der Waals surface area contributed by atoms with E-state index in [1.54, 1.807) is 0 Å². The quantitative estimate of drug-likeness (QED) is 0.700. The minimum absolute atomic E-state index is 0.104. The Kier molecular flexibility index (Phi) is 5.00. The number of allylic oxidation sites excluding steroid dienone is 2. The largest absolute Gasteiger partial charge is 0.355 e. The Morgan fingerprint density at radius 2 is 2.31 bits per heavy atom. The first-order valence-electron chi connectivity index (χ1n) is 6.25. The number of rotatable bonds is 5. The normalized spacial score (nSPS) is 23.8. The first-order valence-corrected chi connectivity index (χ1v) is 6.25. The summed E-state index contributed by atoms with van der Waals surface area (Å²) in [5.74, 6) is 0.708. The average Bonchev–Trinajstić information content (AvgIpc) is 2.36. The molecule has 0 bridgehead atoms. The molecular weight excluding hydrogens is 200 g/mol. The molecule has 0 aromatic rings. The van der Waals surface area contributed by atoms with Crippen LogP contribution in [0.3, 0.4) is 0 Å². The lowest BCUT2D eigenvalue weighted by molar-refractivity contribution is -0.130. The Balaban J connectivity index is 2.36. The summed E-state index contributed by atoms with van der Waals surface area (Å²) in [4.78, 5) is 12.0. The van der Waals surface area contributed by atoms with Crippen LogP contribution < -0.4 is 11.1 Å². The van der Waals surface area contributed by atoms with Gasteiger partial charge < -0.3 is 11.1 Å². The van der Waals surface area contributed by atoms with Crippen molar-refractivity contribution < 1.29 is 4.79 Å². The van der Waals surface area contributed by atoms with Crippen molar-refractivity contribution in [1.82, 2.24) is 5.32 Å². The number of hydrogen-bond donors (Lipinski definition) is 2. The molecule has 1 amide bonds. The molecule has 0 radical (unpaired) electrons. The molecule has 92 valence electrons. The number of hydrogen-bond acceptors (Lipinski definition) is 2. The summed E-state index contributed by atoms with van der Waals surface area (Å²) in [5, 5.41) is 3.04. The van der Waals surface area contributed by atoms with E-state index in [1.165, 1.54) is 6.42 Å². The van der Waals surface area contributed by atoms with Gasteiger partial charge in [0.1, 0.15) is 0 Å². The Bertz CT molecular complexity index is 257. The third-order valence-corrected chi connectivity index (χ3v) is 3.71. The van der Waals surface area contributed by atoms with Crippen molar-refractivity contribution in [3.8, 4) is 0 Å². The Morgan fingerprint density at radius 3 is 2.81 bits per heavy atom. The zero-order valence-electron chi connectivity index (χ0n) is 10.5. The van der Waals surface area contributed by atoms with Gasteiger partial charge in [-0.1, -0.05) is 19.1 Å². The molecule has 0 fully saturated rings. The minimum Gasteiger partial charge on any atom is -0.355 e. The fourth-order valence-electron chi connectivity index (χ4n) is 1.89. The zero-order valence-corrected chi connectivity index (χ0v) is 10.5. The lowest BCUT2D eigenvalue weighted by Gasteiger charge is -2.27. The average molecular weight is 224 g/mol. The summed E-state index contributed by atoms with van der Waals surface area (Å²) >= 11 is 0. The van der Waals surface area contributed by atoms with E-state index in [2.05, 4.69) is 17.5 Å². The predicted molar refractivity (Wildman–Crippen MR) is 66.9 cm³/mol. The van der Waals surface area contributed by atoms with Crippen molar-refractivity contribution in [2.75, 3.05) is 13.1 Å². The fourth-order valence-corrected chi connectivity index (χ4v) is 1.89. The van der Waals surface area contributed by atoms with Crippen molar-refractivity contribution in [2.45, 2.75) is 39.5 Å². The SMILES string of the molecule is CCC(C)(CN)C(=O)NCC1CC=CCC1. The molecule has 0 heterocycles. The van der Waals surface area contributed by atoms with Gasteiger partial charge in [-0.25, -0.2) is 0 Å². The number of nitrogens with two attached hydrogens (primary N) is 1. The molecular formula is C13H24N2O. The highest BCUT2D eigenvalue weighted by Crippen LogP contribution is 2.21. The Labute approximate surface area is 98.5 Å². The molecule has 2 unspecified atom stereocenters. The van der Waals surface area contributed by atoms with E-state index < -0.39 is 5.41 Å². The van der Waals surface area contributed by atoms with Gasteiger partial charge in [-0.3, -0.25) is 4.79 Å². The van der Waals surface area contributed by atoms with Crippen LogP contribution in [0.5, 0.6) is 0 Å². The second-order valence-electron chi connectivity index (χ2n) is 4.98. The van der Waals surface area contributed by atoms with Crippen molar-refractivity contribution >= 4 is 5.91 Å².